The van der Waals surface area contributed by atoms with Crippen molar-refractivity contribution in [2.75, 3.05) is 13.2 Å². The lowest BCUT2D eigenvalue weighted by Crippen LogP contribution is -2.05. The van der Waals surface area contributed by atoms with Gasteiger partial charge >= 0.3 is 7.60 Å². The molecule has 1 aromatic heterocycles. The first-order valence-corrected chi connectivity index (χ1v) is 6.78. The lowest BCUT2D eigenvalue weighted by atomic mass is 10.4. The SMILES string of the molecule is CCOP(=O)(OCC)C(O)c1ccc(C)o1. The molecule has 0 bridgehead atoms. The van der Waals surface area contributed by atoms with Crippen LogP contribution in [0.3, 0.4) is 0 Å². The minimum absolute atomic E-state index is 0.197. The molecule has 0 saturated carbocycles. The van der Waals surface area contributed by atoms with Gasteiger partial charge in [-0.2, -0.15) is 0 Å². The Morgan fingerprint density at radius 1 is 1.38 bits per heavy atom. The molecule has 0 aliphatic carbocycles. The van der Waals surface area contributed by atoms with Crippen LogP contribution in [0.2, 0.25) is 0 Å². The van der Waals surface area contributed by atoms with Crippen LogP contribution in [0.25, 0.3) is 0 Å². The zero-order chi connectivity index (χ0) is 12.2. The molecule has 0 spiro atoms. The predicted octanol–water partition coefficient (Wildman–Crippen LogP) is 2.85. The molecule has 0 saturated heterocycles. The average molecular weight is 248 g/mol. The number of aryl methyl sites for hydroxylation is 1. The van der Waals surface area contributed by atoms with E-state index in [0.29, 0.717) is 5.76 Å². The van der Waals surface area contributed by atoms with E-state index in [4.69, 9.17) is 13.5 Å². The molecule has 1 N–H and O–H groups in total. The van der Waals surface area contributed by atoms with Gasteiger partial charge in [-0.25, -0.2) is 0 Å². The molecule has 5 nitrogen and oxygen atoms in total. The molecule has 1 aromatic rings. The fourth-order valence-electron chi connectivity index (χ4n) is 1.29. The van der Waals surface area contributed by atoms with Crippen molar-refractivity contribution in [3.05, 3.63) is 23.7 Å². The first-order chi connectivity index (χ1) is 7.53. The van der Waals surface area contributed by atoms with Gasteiger partial charge in [0.05, 0.1) is 13.2 Å². The summed E-state index contributed by atoms with van der Waals surface area (Å²) in [5.41, 5.74) is 0. The number of hydrogen-bond acceptors (Lipinski definition) is 5. The van der Waals surface area contributed by atoms with Gasteiger partial charge in [-0.15, -0.1) is 0 Å². The van der Waals surface area contributed by atoms with Crippen molar-refractivity contribution in [1.82, 2.24) is 0 Å². The largest absolute Gasteiger partial charge is 0.463 e. The summed E-state index contributed by atoms with van der Waals surface area (Å²) >= 11 is 0. The fourth-order valence-corrected chi connectivity index (χ4v) is 2.81. The molecule has 0 amide bonds. The van der Waals surface area contributed by atoms with E-state index in [2.05, 4.69) is 0 Å². The number of rotatable bonds is 6. The lowest BCUT2D eigenvalue weighted by molar-refractivity contribution is 0.136. The van der Waals surface area contributed by atoms with Crippen molar-refractivity contribution in [2.45, 2.75) is 26.6 Å². The Hall–Kier alpha value is -0.610. The van der Waals surface area contributed by atoms with Crippen LogP contribution < -0.4 is 0 Å². The van der Waals surface area contributed by atoms with Crippen LogP contribution in [0.5, 0.6) is 0 Å². The molecule has 0 aromatic carbocycles. The molecule has 0 aliphatic heterocycles. The highest BCUT2D eigenvalue weighted by molar-refractivity contribution is 7.54. The van der Waals surface area contributed by atoms with E-state index in [1.54, 1.807) is 32.9 Å². The highest BCUT2D eigenvalue weighted by atomic mass is 31.2. The van der Waals surface area contributed by atoms with Crippen LogP contribution in [0.4, 0.5) is 0 Å². The minimum atomic E-state index is -3.56. The van der Waals surface area contributed by atoms with Crippen LogP contribution in [0.15, 0.2) is 16.5 Å². The Bertz CT molecular complexity index is 363. The van der Waals surface area contributed by atoms with Crippen LogP contribution in [-0.4, -0.2) is 18.3 Å². The molecule has 1 heterocycles. The third-order valence-corrected chi connectivity index (χ3v) is 4.02. The molecule has 92 valence electrons. The van der Waals surface area contributed by atoms with Gasteiger partial charge in [0, 0.05) is 0 Å². The zero-order valence-corrected chi connectivity index (χ0v) is 10.6. The topological polar surface area (TPSA) is 68.9 Å². The number of furan rings is 1. The van der Waals surface area contributed by atoms with Crippen LogP contribution >= 0.6 is 7.60 Å². The Kier molecular flexibility index (Phi) is 4.74. The van der Waals surface area contributed by atoms with Crippen molar-refractivity contribution in [3.63, 3.8) is 0 Å². The number of aliphatic hydroxyl groups excluding tert-OH is 1. The highest BCUT2D eigenvalue weighted by Gasteiger charge is 2.37. The normalized spacial score (nSPS) is 14.0. The molecule has 16 heavy (non-hydrogen) atoms. The quantitative estimate of drug-likeness (QED) is 0.784. The summed E-state index contributed by atoms with van der Waals surface area (Å²) in [6.07, 6.45) is 0. The Balaban J connectivity index is 2.90. The van der Waals surface area contributed by atoms with E-state index >= 15 is 0 Å². The Morgan fingerprint density at radius 3 is 2.31 bits per heavy atom. The van der Waals surface area contributed by atoms with E-state index in [1.165, 1.54) is 0 Å². The smallest absolute Gasteiger partial charge is 0.366 e. The minimum Gasteiger partial charge on any atom is -0.463 e. The third-order valence-electron chi connectivity index (χ3n) is 1.93. The summed E-state index contributed by atoms with van der Waals surface area (Å²) < 4.78 is 27.4. The summed E-state index contributed by atoms with van der Waals surface area (Å²) in [5, 5.41) is 9.91. The van der Waals surface area contributed by atoms with Gasteiger partial charge in [0.15, 0.2) is 0 Å². The molecule has 6 heteroatoms. The summed E-state index contributed by atoms with van der Waals surface area (Å²) in [7, 11) is -3.56. The monoisotopic (exact) mass is 248 g/mol. The maximum Gasteiger partial charge on any atom is 0.366 e. The summed E-state index contributed by atoms with van der Waals surface area (Å²) in [4.78, 5) is 0. The maximum atomic E-state index is 12.2. The van der Waals surface area contributed by atoms with Crippen molar-refractivity contribution in [2.24, 2.45) is 0 Å². The molecule has 1 unspecified atom stereocenters. The molecular formula is C10H17O5P. The zero-order valence-electron chi connectivity index (χ0n) is 9.67. The lowest BCUT2D eigenvalue weighted by Gasteiger charge is -2.20. The van der Waals surface area contributed by atoms with Crippen LogP contribution in [-0.2, 0) is 13.6 Å². The van der Waals surface area contributed by atoms with Gasteiger partial charge in [-0.3, -0.25) is 4.57 Å². The maximum absolute atomic E-state index is 12.2. The van der Waals surface area contributed by atoms with E-state index in [0.717, 1.165) is 0 Å². The summed E-state index contributed by atoms with van der Waals surface area (Å²) in [6, 6.07) is 3.24. The third kappa shape index (κ3) is 2.95. The van der Waals surface area contributed by atoms with Crippen molar-refractivity contribution in [1.29, 1.82) is 0 Å². The first kappa shape index (κ1) is 13.5. The molecule has 1 atom stereocenters. The average Bonchev–Trinajstić information content (AvgIpc) is 2.64. The van der Waals surface area contributed by atoms with E-state index < -0.39 is 13.4 Å². The van der Waals surface area contributed by atoms with E-state index in [-0.39, 0.29) is 19.0 Å². The molecule has 1 rings (SSSR count). The molecular weight excluding hydrogens is 231 g/mol. The first-order valence-electron chi connectivity index (χ1n) is 5.16. The second-order valence-electron chi connectivity index (χ2n) is 3.20. The predicted molar refractivity (Wildman–Crippen MR) is 59.3 cm³/mol. The van der Waals surface area contributed by atoms with Crippen molar-refractivity contribution in [3.8, 4) is 0 Å². The van der Waals surface area contributed by atoms with Crippen LogP contribution in [0, 0.1) is 6.92 Å². The van der Waals surface area contributed by atoms with Gasteiger partial charge in [-0.1, -0.05) is 0 Å². The summed E-state index contributed by atoms with van der Waals surface area (Å²) in [6.45, 7) is 5.52. The summed E-state index contributed by atoms with van der Waals surface area (Å²) in [5.74, 6) is -0.544. The Morgan fingerprint density at radius 2 is 1.94 bits per heavy atom. The number of hydrogen-bond donors (Lipinski definition) is 1. The van der Waals surface area contributed by atoms with Gasteiger partial charge in [0.2, 0.25) is 5.85 Å². The Labute approximate surface area is 94.9 Å². The van der Waals surface area contributed by atoms with Crippen LogP contribution in [0.1, 0.15) is 31.2 Å². The van der Waals surface area contributed by atoms with Gasteiger partial charge in [-0.05, 0) is 32.9 Å². The second-order valence-corrected chi connectivity index (χ2v) is 5.28. The van der Waals surface area contributed by atoms with E-state index in [1.807, 2.05) is 0 Å². The van der Waals surface area contributed by atoms with Gasteiger partial charge < -0.3 is 18.6 Å². The molecule has 0 aliphatic rings. The second kappa shape index (κ2) is 5.64. The van der Waals surface area contributed by atoms with Crippen molar-refractivity contribution >= 4 is 7.60 Å². The van der Waals surface area contributed by atoms with Gasteiger partial charge in [0.1, 0.15) is 11.5 Å². The highest BCUT2D eigenvalue weighted by Crippen LogP contribution is 2.59. The van der Waals surface area contributed by atoms with Gasteiger partial charge in [0.25, 0.3) is 0 Å². The van der Waals surface area contributed by atoms with E-state index in [9.17, 15) is 9.67 Å². The standard InChI is InChI=1S/C10H17O5P/c1-4-13-16(12,14-5-2)10(11)9-7-6-8(3)15-9/h6-7,10-11H,4-5H2,1-3H3. The van der Waals surface area contributed by atoms with Crippen molar-refractivity contribution < 1.29 is 23.1 Å². The fraction of sp³-hybridized carbons (Fsp3) is 0.600. The molecule has 0 radical (unpaired) electrons. The molecule has 0 fully saturated rings. The number of aliphatic hydroxyl groups is 1.